The Kier molecular flexibility index (Phi) is 5.29. The molecule has 5 saturated carbocycles. The number of hydrogen-bond donors (Lipinski definition) is 0. The van der Waals surface area contributed by atoms with E-state index in [2.05, 4.69) is 34.6 Å². The van der Waals surface area contributed by atoms with Gasteiger partial charge in [-0.2, -0.15) is 0 Å². The molecule has 0 N–H and O–H groups in total. The van der Waals surface area contributed by atoms with Gasteiger partial charge in [-0.3, -0.25) is 4.79 Å². The number of esters is 2. The Balaban J connectivity index is 1.24. The third-order valence-corrected chi connectivity index (χ3v) is 13.7. The Bertz CT molecular complexity index is 1010. The average Bonchev–Trinajstić information content (AvgIpc) is 3.23. The molecule has 5 aliphatic carbocycles. The van der Waals surface area contributed by atoms with Crippen molar-refractivity contribution in [3.63, 3.8) is 0 Å². The van der Waals surface area contributed by atoms with Crippen molar-refractivity contribution in [3.8, 4) is 0 Å². The molecule has 200 valence electrons. The smallest absolute Gasteiger partial charge is 0.334 e. The van der Waals surface area contributed by atoms with Crippen LogP contribution in [0.1, 0.15) is 113 Å². The molecule has 0 amide bonds. The molecule has 1 heterocycles. The van der Waals surface area contributed by atoms with E-state index in [-0.39, 0.29) is 29.6 Å². The summed E-state index contributed by atoms with van der Waals surface area (Å²) >= 11 is 0. The fourth-order valence-electron chi connectivity index (χ4n) is 12.0. The molecule has 0 aromatic rings. The Morgan fingerprint density at radius 2 is 1.69 bits per heavy atom. The lowest BCUT2D eigenvalue weighted by Crippen LogP contribution is -2.58. The van der Waals surface area contributed by atoms with E-state index < -0.39 is 0 Å². The van der Waals surface area contributed by atoms with E-state index in [0.29, 0.717) is 39.4 Å². The van der Waals surface area contributed by atoms with E-state index in [1.807, 2.05) is 13.0 Å². The molecule has 4 heteroatoms. The minimum atomic E-state index is -0.128. The number of ether oxygens (including phenoxy) is 2. The zero-order valence-corrected chi connectivity index (χ0v) is 23.7. The van der Waals surface area contributed by atoms with Crippen LogP contribution >= 0.6 is 0 Å². The maximum absolute atomic E-state index is 11.9. The van der Waals surface area contributed by atoms with Crippen molar-refractivity contribution < 1.29 is 19.1 Å². The zero-order valence-electron chi connectivity index (χ0n) is 23.7. The van der Waals surface area contributed by atoms with Crippen molar-refractivity contribution in [3.05, 3.63) is 11.6 Å². The van der Waals surface area contributed by atoms with Gasteiger partial charge >= 0.3 is 11.9 Å². The summed E-state index contributed by atoms with van der Waals surface area (Å²) in [6.45, 7) is 16.0. The molecule has 4 nitrogen and oxygen atoms in total. The van der Waals surface area contributed by atoms with Crippen molar-refractivity contribution in [2.24, 2.45) is 50.7 Å². The van der Waals surface area contributed by atoms with Gasteiger partial charge in [0.25, 0.3) is 0 Å². The van der Waals surface area contributed by atoms with Gasteiger partial charge < -0.3 is 9.47 Å². The molecule has 5 fully saturated rings. The fraction of sp³-hybridized carbons (Fsp3) is 0.875. The highest BCUT2D eigenvalue weighted by molar-refractivity contribution is 5.90. The molecule has 1 aliphatic heterocycles. The second kappa shape index (κ2) is 7.63. The van der Waals surface area contributed by atoms with E-state index in [1.54, 1.807) is 6.92 Å². The molecule has 0 radical (unpaired) electrons. The largest absolute Gasteiger partial charge is 0.462 e. The third kappa shape index (κ3) is 2.99. The minimum absolute atomic E-state index is 0.0327. The topological polar surface area (TPSA) is 52.6 Å². The third-order valence-electron chi connectivity index (χ3n) is 13.7. The monoisotopic (exact) mass is 496 g/mol. The van der Waals surface area contributed by atoms with Crippen LogP contribution in [0, 0.1) is 50.7 Å². The molecule has 2 spiro atoms. The molecular formula is C32H48O4. The van der Waals surface area contributed by atoms with Gasteiger partial charge in [-0.25, -0.2) is 4.79 Å². The molecule has 6 rings (SSSR count). The molecule has 0 aromatic heterocycles. The second-order valence-corrected chi connectivity index (χ2v) is 15.1. The predicted molar refractivity (Wildman–Crippen MR) is 140 cm³/mol. The predicted octanol–water partition coefficient (Wildman–Crippen LogP) is 7.26. The zero-order chi connectivity index (χ0) is 25.9. The van der Waals surface area contributed by atoms with Crippen molar-refractivity contribution in [1.82, 2.24) is 0 Å². The Morgan fingerprint density at radius 1 is 1.00 bits per heavy atom. The average molecular weight is 497 g/mol. The van der Waals surface area contributed by atoms with E-state index in [9.17, 15) is 9.59 Å². The van der Waals surface area contributed by atoms with Crippen molar-refractivity contribution in [2.45, 2.75) is 125 Å². The van der Waals surface area contributed by atoms with Crippen LogP contribution in [-0.4, -0.2) is 24.1 Å². The molecule has 36 heavy (non-hydrogen) atoms. The van der Waals surface area contributed by atoms with Crippen LogP contribution < -0.4 is 0 Å². The maximum atomic E-state index is 11.9. The standard InChI is InChI=1S/C32H48O4/c1-19(16-22-17-20(2)27(34)36-22)23-10-12-30(7)25-9-8-24-28(4,5)26(35-21(3)33)11-13-31(24)18-32(25,31)15-14-29(23,30)6/h17,19,22-26H,8-16,18H2,1-7H3/t19-,22-,23-,24+,25+,26-,29-,30+,31-,32+/m1/s1. The van der Waals surface area contributed by atoms with Crippen LogP contribution in [0.2, 0.25) is 0 Å². The lowest BCUT2D eigenvalue weighted by molar-refractivity contribution is -0.181. The highest BCUT2D eigenvalue weighted by atomic mass is 16.5. The summed E-state index contributed by atoms with van der Waals surface area (Å²) in [5.74, 6) is 2.52. The SMILES string of the molecule is CC(=O)O[C@@H]1CC[C@]23C[C@]24CC[C@]2(C)[C@@H]([C@H](C)C[C@@H]5C=C(C)C(=O)O5)CC[C@@]2(C)[C@@H]4CC[C@H]3C1(C)C. The van der Waals surface area contributed by atoms with E-state index in [0.717, 1.165) is 24.3 Å². The number of cyclic esters (lactones) is 1. The lowest BCUT2D eigenvalue weighted by atomic mass is 9.41. The number of rotatable bonds is 4. The lowest BCUT2D eigenvalue weighted by Gasteiger charge is -2.63. The van der Waals surface area contributed by atoms with Gasteiger partial charge in [0.1, 0.15) is 12.2 Å². The van der Waals surface area contributed by atoms with Gasteiger partial charge in [0.15, 0.2) is 0 Å². The van der Waals surface area contributed by atoms with Crippen LogP contribution in [0.15, 0.2) is 11.6 Å². The van der Waals surface area contributed by atoms with Crippen molar-refractivity contribution in [1.29, 1.82) is 0 Å². The Morgan fingerprint density at radius 3 is 2.36 bits per heavy atom. The van der Waals surface area contributed by atoms with Gasteiger partial charge in [-0.1, -0.05) is 34.6 Å². The maximum Gasteiger partial charge on any atom is 0.334 e. The Hall–Kier alpha value is -1.32. The highest BCUT2D eigenvalue weighted by Gasteiger charge is 2.82. The first-order chi connectivity index (χ1) is 16.8. The quantitative estimate of drug-likeness (QED) is 0.385. The van der Waals surface area contributed by atoms with Crippen LogP contribution in [0.3, 0.4) is 0 Å². The number of hydrogen-bond acceptors (Lipinski definition) is 4. The summed E-state index contributed by atoms with van der Waals surface area (Å²) in [7, 11) is 0. The molecular weight excluding hydrogens is 448 g/mol. The van der Waals surface area contributed by atoms with E-state index in [4.69, 9.17) is 9.47 Å². The summed E-state index contributed by atoms with van der Waals surface area (Å²) in [6.07, 6.45) is 14.8. The number of fused-ring (bicyclic) bond motifs is 2. The first kappa shape index (κ1) is 25.0. The van der Waals surface area contributed by atoms with Crippen molar-refractivity contribution in [2.75, 3.05) is 0 Å². The van der Waals surface area contributed by atoms with E-state index in [1.165, 1.54) is 51.4 Å². The summed E-state index contributed by atoms with van der Waals surface area (Å²) in [5.41, 5.74) is 2.60. The minimum Gasteiger partial charge on any atom is -0.462 e. The summed E-state index contributed by atoms with van der Waals surface area (Å²) < 4.78 is 11.5. The first-order valence-electron chi connectivity index (χ1n) is 14.9. The molecule has 6 aliphatic rings. The van der Waals surface area contributed by atoms with Gasteiger partial charge in [-0.15, -0.1) is 0 Å². The highest BCUT2D eigenvalue weighted by Crippen LogP contribution is 2.89. The molecule has 0 unspecified atom stereocenters. The normalized spacial score (nSPS) is 51.1. The van der Waals surface area contributed by atoms with Gasteiger partial charge in [0.2, 0.25) is 0 Å². The van der Waals surface area contributed by atoms with Gasteiger partial charge in [0.05, 0.1) is 0 Å². The second-order valence-electron chi connectivity index (χ2n) is 15.1. The fourth-order valence-corrected chi connectivity index (χ4v) is 12.0. The van der Waals surface area contributed by atoms with Crippen LogP contribution in [0.5, 0.6) is 0 Å². The molecule has 0 aromatic carbocycles. The molecule has 10 atom stereocenters. The van der Waals surface area contributed by atoms with Crippen LogP contribution in [0.25, 0.3) is 0 Å². The first-order valence-corrected chi connectivity index (χ1v) is 14.9. The van der Waals surface area contributed by atoms with Gasteiger partial charge in [-0.05, 0) is 123 Å². The van der Waals surface area contributed by atoms with E-state index >= 15 is 0 Å². The van der Waals surface area contributed by atoms with Crippen LogP contribution in [-0.2, 0) is 19.1 Å². The summed E-state index contributed by atoms with van der Waals surface area (Å²) in [5, 5.41) is 0. The van der Waals surface area contributed by atoms with Crippen LogP contribution in [0.4, 0.5) is 0 Å². The number of carbonyl (C=O) groups excluding carboxylic acids is 2. The summed E-state index contributed by atoms with van der Waals surface area (Å²) in [6, 6.07) is 0. The summed E-state index contributed by atoms with van der Waals surface area (Å²) in [4.78, 5) is 23.8. The molecule has 0 bridgehead atoms. The Labute approximate surface area is 218 Å². The van der Waals surface area contributed by atoms with Gasteiger partial charge in [0, 0.05) is 17.9 Å². The number of carbonyl (C=O) groups is 2. The van der Waals surface area contributed by atoms with Crippen molar-refractivity contribution >= 4 is 11.9 Å². The molecule has 0 saturated heterocycles.